The smallest absolute Gasteiger partial charge is 0.245 e. The Hall–Kier alpha value is -1.18. The van der Waals surface area contributed by atoms with Crippen LogP contribution in [0.5, 0.6) is 0 Å². The fourth-order valence-electron chi connectivity index (χ4n) is 1.88. The summed E-state index contributed by atoms with van der Waals surface area (Å²) >= 11 is 0. The van der Waals surface area contributed by atoms with Gasteiger partial charge in [0, 0.05) is 18.8 Å². The molecule has 0 radical (unpaired) electrons. The van der Waals surface area contributed by atoms with Crippen LogP contribution in [0, 0.1) is 5.82 Å². The molecule has 0 aromatic heterocycles. The van der Waals surface area contributed by atoms with Gasteiger partial charge in [0.25, 0.3) is 0 Å². The first-order valence-electron chi connectivity index (χ1n) is 6.49. The largest absolute Gasteiger partial charge is 0.399 e. The zero-order valence-electron chi connectivity index (χ0n) is 12.1. The number of sulfonamides is 1. The van der Waals surface area contributed by atoms with Crippen molar-refractivity contribution in [2.24, 2.45) is 0 Å². The van der Waals surface area contributed by atoms with Crippen LogP contribution in [0.4, 0.5) is 10.1 Å². The molecular weight excluding hydrogens is 281 g/mol. The van der Waals surface area contributed by atoms with Crippen LogP contribution in [-0.2, 0) is 10.0 Å². The molecule has 0 spiro atoms. The summed E-state index contributed by atoms with van der Waals surface area (Å²) in [6.07, 6.45) is 0.691. The third-order valence-corrected chi connectivity index (χ3v) is 4.95. The van der Waals surface area contributed by atoms with Crippen molar-refractivity contribution in [3.63, 3.8) is 0 Å². The number of halogens is 1. The van der Waals surface area contributed by atoms with Gasteiger partial charge in [0.05, 0.1) is 0 Å². The number of nitrogens with two attached hydrogens (primary N) is 1. The van der Waals surface area contributed by atoms with Gasteiger partial charge in [-0.15, -0.1) is 0 Å². The van der Waals surface area contributed by atoms with E-state index in [0.29, 0.717) is 19.5 Å². The Morgan fingerprint density at radius 1 is 1.25 bits per heavy atom. The van der Waals surface area contributed by atoms with Gasteiger partial charge in [0.1, 0.15) is 10.7 Å². The molecule has 0 unspecified atom stereocenters. The lowest BCUT2D eigenvalue weighted by Gasteiger charge is -2.21. The average Bonchev–Trinajstić information content (AvgIpc) is 2.33. The third-order valence-electron chi connectivity index (χ3n) is 2.94. The quantitative estimate of drug-likeness (QED) is 0.773. The Kier molecular flexibility index (Phi) is 5.91. The summed E-state index contributed by atoms with van der Waals surface area (Å²) in [5.74, 6) is -0.809. The van der Waals surface area contributed by atoms with E-state index in [4.69, 9.17) is 5.73 Å². The monoisotopic (exact) mass is 303 g/mol. The molecule has 0 aliphatic rings. The van der Waals surface area contributed by atoms with E-state index in [1.165, 1.54) is 16.4 Å². The fourth-order valence-corrected chi connectivity index (χ4v) is 3.41. The molecule has 0 atom stereocenters. The number of nitrogen functional groups attached to an aromatic ring is 1. The molecular formula is C13H22FN3O2S. The molecule has 0 aliphatic heterocycles. The van der Waals surface area contributed by atoms with Crippen molar-refractivity contribution in [1.82, 2.24) is 9.21 Å². The van der Waals surface area contributed by atoms with Crippen molar-refractivity contribution in [2.45, 2.75) is 18.2 Å². The minimum Gasteiger partial charge on any atom is -0.399 e. The van der Waals surface area contributed by atoms with Crippen molar-refractivity contribution < 1.29 is 12.8 Å². The minimum absolute atomic E-state index is 0.206. The van der Waals surface area contributed by atoms with Crippen molar-refractivity contribution >= 4 is 15.7 Å². The van der Waals surface area contributed by atoms with Gasteiger partial charge in [-0.1, -0.05) is 6.92 Å². The summed E-state index contributed by atoms with van der Waals surface area (Å²) in [5, 5.41) is 0. The molecule has 0 aliphatic carbocycles. The highest BCUT2D eigenvalue weighted by molar-refractivity contribution is 7.89. The molecule has 1 aromatic carbocycles. The first kappa shape index (κ1) is 16.9. The first-order valence-corrected chi connectivity index (χ1v) is 7.93. The van der Waals surface area contributed by atoms with Crippen molar-refractivity contribution in [3.05, 3.63) is 24.0 Å². The van der Waals surface area contributed by atoms with Crippen LogP contribution >= 0.6 is 0 Å². The topological polar surface area (TPSA) is 66.6 Å². The molecule has 0 heterocycles. The standard InChI is InChI=1S/C13H22FN3O2S/c1-4-17(9-5-8-16(2)3)20(18,19)13-7-6-11(15)10-12(13)14/h6-7,10H,4-5,8-9,15H2,1-3H3. The van der Waals surface area contributed by atoms with E-state index >= 15 is 0 Å². The van der Waals surface area contributed by atoms with Gasteiger partial charge in [-0.05, 0) is 45.3 Å². The summed E-state index contributed by atoms with van der Waals surface area (Å²) in [6, 6.07) is 3.64. The lowest BCUT2D eigenvalue weighted by atomic mass is 10.3. The van der Waals surface area contributed by atoms with Crippen molar-refractivity contribution in [3.8, 4) is 0 Å². The molecule has 7 heteroatoms. The van der Waals surface area contributed by atoms with E-state index in [1.807, 2.05) is 19.0 Å². The zero-order valence-corrected chi connectivity index (χ0v) is 13.0. The summed E-state index contributed by atoms with van der Waals surface area (Å²) in [7, 11) is 0.0299. The maximum Gasteiger partial charge on any atom is 0.245 e. The van der Waals surface area contributed by atoms with E-state index in [-0.39, 0.29) is 10.6 Å². The van der Waals surface area contributed by atoms with Gasteiger partial charge in [-0.2, -0.15) is 4.31 Å². The van der Waals surface area contributed by atoms with E-state index in [2.05, 4.69) is 0 Å². The fraction of sp³-hybridized carbons (Fsp3) is 0.538. The molecule has 2 N–H and O–H groups in total. The van der Waals surface area contributed by atoms with E-state index in [0.717, 1.165) is 12.6 Å². The van der Waals surface area contributed by atoms with Gasteiger partial charge in [0.15, 0.2) is 0 Å². The summed E-state index contributed by atoms with van der Waals surface area (Å²) in [4.78, 5) is 1.66. The Morgan fingerprint density at radius 2 is 1.90 bits per heavy atom. The molecule has 1 rings (SSSR count). The van der Waals surface area contributed by atoms with Crippen LogP contribution in [-0.4, -0.2) is 51.4 Å². The van der Waals surface area contributed by atoms with Crippen LogP contribution in [0.2, 0.25) is 0 Å². The van der Waals surface area contributed by atoms with Gasteiger partial charge >= 0.3 is 0 Å². The van der Waals surface area contributed by atoms with Crippen molar-refractivity contribution in [1.29, 1.82) is 0 Å². The predicted molar refractivity (Wildman–Crippen MR) is 78.4 cm³/mol. The molecule has 5 nitrogen and oxygen atoms in total. The Morgan fingerprint density at radius 3 is 2.40 bits per heavy atom. The number of nitrogens with zero attached hydrogens (tertiary/aromatic N) is 2. The van der Waals surface area contributed by atoms with Gasteiger partial charge in [-0.25, -0.2) is 12.8 Å². The Balaban J connectivity index is 2.94. The normalized spacial score (nSPS) is 12.3. The zero-order chi connectivity index (χ0) is 15.3. The lowest BCUT2D eigenvalue weighted by molar-refractivity contribution is 0.355. The van der Waals surface area contributed by atoms with Crippen LogP contribution in [0.25, 0.3) is 0 Å². The van der Waals surface area contributed by atoms with Crippen molar-refractivity contribution in [2.75, 3.05) is 39.5 Å². The number of anilines is 1. The average molecular weight is 303 g/mol. The number of rotatable bonds is 7. The SMILES string of the molecule is CCN(CCCN(C)C)S(=O)(=O)c1ccc(N)cc1F. The number of hydrogen-bond donors (Lipinski definition) is 1. The molecule has 20 heavy (non-hydrogen) atoms. The second-order valence-electron chi connectivity index (χ2n) is 4.84. The van der Waals surface area contributed by atoms with E-state index in [9.17, 15) is 12.8 Å². The maximum atomic E-state index is 13.8. The molecule has 114 valence electrons. The van der Waals surface area contributed by atoms with Gasteiger partial charge in [-0.3, -0.25) is 0 Å². The summed E-state index contributed by atoms with van der Waals surface area (Å²) < 4.78 is 39.9. The van der Waals surface area contributed by atoms with Crippen LogP contribution in [0.1, 0.15) is 13.3 Å². The molecule has 0 fully saturated rings. The molecule has 0 bridgehead atoms. The number of benzene rings is 1. The summed E-state index contributed by atoms with van der Waals surface area (Å²) in [5.41, 5.74) is 5.64. The minimum atomic E-state index is -3.81. The number of hydrogen-bond acceptors (Lipinski definition) is 4. The third kappa shape index (κ3) is 4.16. The highest BCUT2D eigenvalue weighted by Crippen LogP contribution is 2.21. The maximum absolute atomic E-state index is 13.8. The summed E-state index contributed by atoms with van der Waals surface area (Å²) in [6.45, 7) is 3.18. The van der Waals surface area contributed by atoms with Gasteiger partial charge < -0.3 is 10.6 Å². The van der Waals surface area contributed by atoms with Crippen LogP contribution < -0.4 is 5.73 Å². The second-order valence-corrected chi connectivity index (χ2v) is 6.75. The Bertz CT molecular complexity index is 547. The molecule has 0 saturated carbocycles. The first-order chi connectivity index (χ1) is 9.28. The lowest BCUT2D eigenvalue weighted by Crippen LogP contribution is -2.33. The molecule has 0 amide bonds. The highest BCUT2D eigenvalue weighted by atomic mass is 32.2. The Labute approximate surface area is 120 Å². The van der Waals surface area contributed by atoms with Crippen LogP contribution in [0.3, 0.4) is 0 Å². The van der Waals surface area contributed by atoms with Gasteiger partial charge in [0.2, 0.25) is 10.0 Å². The second kappa shape index (κ2) is 7.01. The van der Waals surface area contributed by atoms with Crippen LogP contribution in [0.15, 0.2) is 23.1 Å². The highest BCUT2D eigenvalue weighted by Gasteiger charge is 2.25. The predicted octanol–water partition coefficient (Wildman–Crippen LogP) is 1.37. The van der Waals surface area contributed by atoms with E-state index in [1.54, 1.807) is 6.92 Å². The molecule has 1 aromatic rings. The van der Waals surface area contributed by atoms with E-state index < -0.39 is 15.8 Å². The molecule has 0 saturated heterocycles.